The summed E-state index contributed by atoms with van der Waals surface area (Å²) in [5, 5.41) is 13.1. The van der Waals surface area contributed by atoms with Crippen LogP contribution in [-0.4, -0.2) is 58.4 Å². The first-order chi connectivity index (χ1) is 14.5. The number of carbonyl (C=O) groups is 1. The Morgan fingerprint density at radius 1 is 1.13 bits per heavy atom. The highest BCUT2D eigenvalue weighted by atomic mass is 35.5. The van der Waals surface area contributed by atoms with Crippen LogP contribution in [0.5, 0.6) is 0 Å². The second-order valence-electron chi connectivity index (χ2n) is 9.30. The number of nitrogens with one attached hydrogen (secondary N) is 1. The summed E-state index contributed by atoms with van der Waals surface area (Å²) in [4.78, 5) is 15.0. The van der Waals surface area contributed by atoms with E-state index in [4.69, 9.17) is 17.3 Å². The highest BCUT2D eigenvalue weighted by Gasteiger charge is 2.50. The number of hydrazine groups is 1. The van der Waals surface area contributed by atoms with Crippen molar-refractivity contribution < 1.29 is 9.90 Å². The number of nitrogens with zero attached hydrogens (tertiary/aromatic N) is 2. The fourth-order valence-corrected chi connectivity index (χ4v) is 5.80. The third-order valence-electron chi connectivity index (χ3n) is 7.53. The molecule has 1 saturated carbocycles. The first-order valence-corrected chi connectivity index (χ1v) is 11.9. The predicted molar refractivity (Wildman–Crippen MR) is 119 cm³/mol. The van der Waals surface area contributed by atoms with Crippen molar-refractivity contribution in [3.8, 4) is 0 Å². The lowest BCUT2D eigenvalue weighted by molar-refractivity contribution is -0.178. The number of aliphatic hydroxyl groups excluding tert-OH is 1. The van der Waals surface area contributed by atoms with E-state index in [0.29, 0.717) is 17.4 Å². The molecule has 3 aliphatic rings. The Labute approximate surface area is 184 Å². The lowest BCUT2D eigenvalue weighted by atomic mass is 9.67. The third kappa shape index (κ3) is 4.68. The summed E-state index contributed by atoms with van der Waals surface area (Å²) in [5.41, 5.74) is 10.3. The van der Waals surface area contributed by atoms with Crippen molar-refractivity contribution in [2.45, 2.75) is 75.6 Å². The minimum absolute atomic E-state index is 0.0880. The molecule has 4 rings (SSSR count). The predicted octanol–water partition coefficient (Wildman–Crippen LogP) is 2.68. The Balaban J connectivity index is 1.33. The van der Waals surface area contributed by atoms with Gasteiger partial charge >= 0.3 is 0 Å². The number of rotatable bonds is 6. The zero-order chi connectivity index (χ0) is 21.1. The Kier molecular flexibility index (Phi) is 7.00. The van der Waals surface area contributed by atoms with E-state index >= 15 is 0 Å². The highest BCUT2D eigenvalue weighted by molar-refractivity contribution is 6.30. The van der Waals surface area contributed by atoms with Crippen LogP contribution in [0.1, 0.15) is 56.9 Å². The lowest BCUT2D eigenvalue weighted by Gasteiger charge is -2.59. The molecule has 1 amide bonds. The lowest BCUT2D eigenvalue weighted by Crippen LogP contribution is -2.68. The number of hydrogen-bond donors (Lipinski definition) is 3. The van der Waals surface area contributed by atoms with Crippen molar-refractivity contribution in [1.29, 1.82) is 0 Å². The number of benzene rings is 1. The second kappa shape index (κ2) is 9.53. The van der Waals surface area contributed by atoms with Gasteiger partial charge in [-0.05, 0) is 62.1 Å². The largest absolute Gasteiger partial charge is 0.378 e. The van der Waals surface area contributed by atoms with E-state index in [0.717, 1.165) is 44.5 Å². The van der Waals surface area contributed by atoms with E-state index in [9.17, 15) is 9.90 Å². The average Bonchev–Trinajstić information content (AvgIpc) is 2.76. The normalized spacial score (nSPS) is 26.7. The summed E-state index contributed by atoms with van der Waals surface area (Å²) in [7, 11) is 0. The summed E-state index contributed by atoms with van der Waals surface area (Å²) in [6.45, 7) is 2.61. The van der Waals surface area contributed by atoms with Crippen LogP contribution in [0.25, 0.3) is 0 Å². The topological polar surface area (TPSA) is 81.8 Å². The summed E-state index contributed by atoms with van der Waals surface area (Å²) < 4.78 is 0. The fourth-order valence-electron chi connectivity index (χ4n) is 5.67. The van der Waals surface area contributed by atoms with Gasteiger partial charge < -0.3 is 10.8 Å². The standard InChI is InChI=1S/C23H35ClN4O2/c24-19-8-6-17(7-9-19)16-20(25)22(30)26-27-14-11-23(12-15-27,28-13-10-21(28)29)18-4-2-1-3-5-18/h6-9,18,20-21,29H,1-5,10-16,25H2,(H,26,30)/t20-,21?/m1/s1. The Morgan fingerprint density at radius 2 is 1.80 bits per heavy atom. The van der Waals surface area contributed by atoms with Gasteiger partial charge in [0.1, 0.15) is 6.23 Å². The van der Waals surface area contributed by atoms with E-state index in [2.05, 4.69) is 10.3 Å². The Morgan fingerprint density at radius 3 is 2.37 bits per heavy atom. The monoisotopic (exact) mass is 434 g/mol. The zero-order valence-corrected chi connectivity index (χ0v) is 18.5. The fraction of sp³-hybridized carbons (Fsp3) is 0.696. The smallest absolute Gasteiger partial charge is 0.251 e. The second-order valence-corrected chi connectivity index (χ2v) is 9.74. The first kappa shape index (κ1) is 22.0. The molecule has 166 valence electrons. The molecule has 1 aliphatic carbocycles. The van der Waals surface area contributed by atoms with Gasteiger partial charge in [0, 0.05) is 30.2 Å². The van der Waals surface area contributed by atoms with Gasteiger partial charge in [-0.25, -0.2) is 5.01 Å². The van der Waals surface area contributed by atoms with Gasteiger partial charge in [0.05, 0.1) is 6.04 Å². The van der Waals surface area contributed by atoms with Crippen molar-refractivity contribution in [2.75, 3.05) is 19.6 Å². The number of likely N-dealkylation sites (tertiary alicyclic amines) is 1. The van der Waals surface area contributed by atoms with Gasteiger partial charge in [-0.15, -0.1) is 0 Å². The molecule has 7 heteroatoms. The molecule has 0 spiro atoms. The van der Waals surface area contributed by atoms with Crippen molar-refractivity contribution in [3.05, 3.63) is 34.9 Å². The van der Waals surface area contributed by atoms with Crippen LogP contribution in [-0.2, 0) is 11.2 Å². The number of aliphatic hydroxyl groups is 1. The van der Waals surface area contributed by atoms with E-state index in [1.807, 2.05) is 29.3 Å². The van der Waals surface area contributed by atoms with Crippen LogP contribution in [0.2, 0.25) is 5.02 Å². The molecule has 1 aromatic carbocycles. The minimum Gasteiger partial charge on any atom is -0.378 e. The molecule has 6 nitrogen and oxygen atoms in total. The molecule has 30 heavy (non-hydrogen) atoms. The maximum atomic E-state index is 12.6. The molecule has 0 radical (unpaired) electrons. The molecule has 1 aromatic rings. The zero-order valence-electron chi connectivity index (χ0n) is 17.7. The van der Waals surface area contributed by atoms with E-state index < -0.39 is 6.04 Å². The molecular formula is C23H35ClN4O2. The van der Waals surface area contributed by atoms with Crippen molar-refractivity contribution in [3.63, 3.8) is 0 Å². The van der Waals surface area contributed by atoms with Gasteiger partial charge in [0.15, 0.2) is 0 Å². The molecule has 0 aromatic heterocycles. The molecule has 3 fully saturated rings. The molecule has 2 heterocycles. The average molecular weight is 435 g/mol. The summed E-state index contributed by atoms with van der Waals surface area (Å²) >= 11 is 5.93. The number of piperidine rings is 1. The third-order valence-corrected chi connectivity index (χ3v) is 7.78. The minimum atomic E-state index is -0.589. The van der Waals surface area contributed by atoms with Crippen LogP contribution < -0.4 is 11.2 Å². The Bertz CT molecular complexity index is 714. The Hall–Kier alpha value is -1.18. The van der Waals surface area contributed by atoms with Gasteiger partial charge in [0.25, 0.3) is 5.91 Å². The quantitative estimate of drug-likeness (QED) is 0.641. The number of hydrogen-bond acceptors (Lipinski definition) is 5. The van der Waals surface area contributed by atoms with Crippen molar-refractivity contribution >= 4 is 17.5 Å². The van der Waals surface area contributed by atoms with Crippen molar-refractivity contribution in [2.24, 2.45) is 11.7 Å². The maximum absolute atomic E-state index is 12.6. The van der Waals surface area contributed by atoms with Crippen molar-refractivity contribution in [1.82, 2.24) is 15.3 Å². The van der Waals surface area contributed by atoms with Gasteiger partial charge in [-0.2, -0.15) is 0 Å². The number of halogens is 1. The van der Waals surface area contributed by atoms with E-state index in [1.54, 1.807) is 0 Å². The number of amides is 1. The van der Waals surface area contributed by atoms with Crippen LogP contribution >= 0.6 is 11.6 Å². The van der Waals surface area contributed by atoms with Gasteiger partial charge in [-0.3, -0.25) is 15.1 Å². The number of carbonyl (C=O) groups excluding carboxylic acids is 1. The molecule has 4 N–H and O–H groups in total. The number of nitrogens with two attached hydrogens (primary N) is 1. The maximum Gasteiger partial charge on any atom is 0.251 e. The summed E-state index contributed by atoms with van der Waals surface area (Å²) in [6.07, 6.45) is 9.53. The van der Waals surface area contributed by atoms with Crippen LogP contribution in [0.15, 0.2) is 24.3 Å². The van der Waals surface area contributed by atoms with Crippen LogP contribution in [0.4, 0.5) is 0 Å². The van der Waals surface area contributed by atoms with E-state index in [-0.39, 0.29) is 17.7 Å². The SMILES string of the molecule is N[C@H](Cc1ccc(Cl)cc1)C(=O)NN1CCC(C2CCCCC2)(N2CCC2O)CC1. The summed E-state index contributed by atoms with van der Waals surface area (Å²) in [6, 6.07) is 6.87. The summed E-state index contributed by atoms with van der Waals surface area (Å²) in [5.74, 6) is 0.519. The molecule has 1 unspecified atom stereocenters. The van der Waals surface area contributed by atoms with Crippen LogP contribution in [0, 0.1) is 5.92 Å². The van der Waals surface area contributed by atoms with Crippen LogP contribution in [0.3, 0.4) is 0 Å². The molecule has 2 atom stereocenters. The van der Waals surface area contributed by atoms with E-state index in [1.165, 1.54) is 32.1 Å². The van der Waals surface area contributed by atoms with Gasteiger partial charge in [0.2, 0.25) is 0 Å². The molecule has 2 saturated heterocycles. The van der Waals surface area contributed by atoms with Gasteiger partial charge in [-0.1, -0.05) is 43.0 Å². The molecule has 0 bridgehead atoms. The molecule has 2 aliphatic heterocycles. The highest BCUT2D eigenvalue weighted by Crippen LogP contribution is 2.46. The first-order valence-electron chi connectivity index (χ1n) is 11.5. The molecular weight excluding hydrogens is 400 g/mol.